The van der Waals surface area contributed by atoms with Crippen LogP contribution in [0.5, 0.6) is 0 Å². The Labute approximate surface area is 43.9 Å². The molecule has 0 radical (unpaired) electrons. The lowest BCUT2D eigenvalue weighted by Gasteiger charge is -1.99. The van der Waals surface area contributed by atoms with Gasteiger partial charge in [-0.1, -0.05) is 6.92 Å². The van der Waals surface area contributed by atoms with Crippen LogP contribution in [0.25, 0.3) is 0 Å². The molecule has 44 valence electrons. The van der Waals surface area contributed by atoms with Crippen LogP contribution < -0.4 is 5.32 Å². The smallest absolute Gasteiger partial charge is 0.148 e. The molecular formula is C5H12FN. The molecule has 1 atom stereocenters. The Balaban J connectivity index is 2.68. The predicted molar refractivity (Wildman–Crippen MR) is 28.9 cm³/mol. The van der Waals surface area contributed by atoms with Crippen LogP contribution in [0.4, 0.5) is 4.39 Å². The SMILES string of the molecule is CCCNC(C)F. The van der Waals surface area contributed by atoms with Crippen molar-refractivity contribution in [2.24, 2.45) is 0 Å². The molecule has 2 heteroatoms. The maximum absolute atomic E-state index is 11.8. The minimum absolute atomic E-state index is 0.775. The quantitative estimate of drug-likeness (QED) is 0.533. The number of rotatable bonds is 3. The Hall–Kier alpha value is -0.110. The van der Waals surface area contributed by atoms with Crippen molar-refractivity contribution in [1.82, 2.24) is 5.32 Å². The second-order valence-corrected chi connectivity index (χ2v) is 1.57. The first-order valence-electron chi connectivity index (χ1n) is 2.64. The number of hydrogen-bond acceptors (Lipinski definition) is 1. The third kappa shape index (κ3) is 5.89. The van der Waals surface area contributed by atoms with Crippen LogP contribution in [0.2, 0.25) is 0 Å². The number of alkyl halides is 1. The van der Waals surface area contributed by atoms with Crippen LogP contribution >= 0.6 is 0 Å². The van der Waals surface area contributed by atoms with E-state index in [1.54, 1.807) is 0 Å². The van der Waals surface area contributed by atoms with Gasteiger partial charge in [0.15, 0.2) is 0 Å². The molecule has 1 N–H and O–H groups in total. The zero-order chi connectivity index (χ0) is 5.70. The molecule has 0 fully saturated rings. The first-order chi connectivity index (χ1) is 3.27. The van der Waals surface area contributed by atoms with Gasteiger partial charge in [0.2, 0.25) is 0 Å². The van der Waals surface area contributed by atoms with Crippen LogP contribution in [0.3, 0.4) is 0 Å². The molecule has 0 saturated heterocycles. The van der Waals surface area contributed by atoms with Gasteiger partial charge in [-0.25, -0.2) is 4.39 Å². The van der Waals surface area contributed by atoms with Crippen LogP contribution in [0.15, 0.2) is 0 Å². The summed E-state index contributed by atoms with van der Waals surface area (Å²) in [5.74, 6) is 0. The molecule has 0 aromatic carbocycles. The second kappa shape index (κ2) is 4.06. The van der Waals surface area contributed by atoms with Crippen molar-refractivity contribution in [3.05, 3.63) is 0 Å². The average Bonchev–Trinajstić information content (AvgIpc) is 1.61. The summed E-state index contributed by atoms with van der Waals surface area (Å²) in [7, 11) is 0. The summed E-state index contributed by atoms with van der Waals surface area (Å²) in [6.45, 7) is 4.28. The van der Waals surface area contributed by atoms with Gasteiger partial charge in [-0.15, -0.1) is 0 Å². The third-order valence-corrected chi connectivity index (χ3v) is 0.676. The van der Waals surface area contributed by atoms with Gasteiger partial charge in [0.25, 0.3) is 0 Å². The van der Waals surface area contributed by atoms with E-state index >= 15 is 0 Å². The van der Waals surface area contributed by atoms with E-state index in [4.69, 9.17) is 0 Å². The summed E-state index contributed by atoms with van der Waals surface area (Å²) < 4.78 is 11.8. The summed E-state index contributed by atoms with van der Waals surface area (Å²) in [6, 6.07) is 0. The summed E-state index contributed by atoms with van der Waals surface area (Å²) in [6.07, 6.45) is 0.147. The van der Waals surface area contributed by atoms with Crippen LogP contribution in [-0.4, -0.2) is 12.8 Å². The van der Waals surface area contributed by atoms with Gasteiger partial charge in [0.05, 0.1) is 0 Å². The lowest BCUT2D eigenvalue weighted by atomic mass is 10.5. The fraction of sp³-hybridized carbons (Fsp3) is 1.00. The van der Waals surface area contributed by atoms with E-state index in [1.165, 1.54) is 6.92 Å². The molecule has 0 amide bonds. The molecule has 0 heterocycles. The van der Waals surface area contributed by atoms with Crippen molar-refractivity contribution in [2.75, 3.05) is 6.54 Å². The lowest BCUT2D eigenvalue weighted by molar-refractivity contribution is 0.299. The van der Waals surface area contributed by atoms with Crippen LogP contribution in [0, 0.1) is 0 Å². The highest BCUT2D eigenvalue weighted by molar-refractivity contribution is 4.41. The standard InChI is InChI=1S/C5H12FN/c1-3-4-7-5(2)6/h5,7H,3-4H2,1-2H3. The minimum Gasteiger partial charge on any atom is -0.288 e. The van der Waals surface area contributed by atoms with Gasteiger partial charge >= 0.3 is 0 Å². The van der Waals surface area contributed by atoms with Gasteiger partial charge in [0.1, 0.15) is 6.30 Å². The summed E-state index contributed by atoms with van der Waals surface area (Å²) in [4.78, 5) is 0. The molecule has 0 rings (SSSR count). The van der Waals surface area contributed by atoms with E-state index in [9.17, 15) is 4.39 Å². The molecular weight excluding hydrogens is 93.1 g/mol. The topological polar surface area (TPSA) is 12.0 Å². The Morgan fingerprint density at radius 2 is 2.29 bits per heavy atom. The normalized spacial score (nSPS) is 14.1. The summed E-state index contributed by atoms with van der Waals surface area (Å²) >= 11 is 0. The fourth-order valence-electron chi connectivity index (χ4n) is 0.343. The molecule has 0 spiro atoms. The molecule has 0 bridgehead atoms. The van der Waals surface area contributed by atoms with Gasteiger partial charge in [-0.3, -0.25) is 5.32 Å². The highest BCUT2D eigenvalue weighted by atomic mass is 19.1. The molecule has 1 nitrogen and oxygen atoms in total. The van der Waals surface area contributed by atoms with Crippen molar-refractivity contribution in [1.29, 1.82) is 0 Å². The molecule has 0 aliphatic rings. The number of halogens is 1. The van der Waals surface area contributed by atoms with Crippen molar-refractivity contribution in [3.63, 3.8) is 0 Å². The largest absolute Gasteiger partial charge is 0.288 e. The zero-order valence-electron chi connectivity index (χ0n) is 4.87. The van der Waals surface area contributed by atoms with Crippen molar-refractivity contribution in [2.45, 2.75) is 26.6 Å². The van der Waals surface area contributed by atoms with E-state index in [1.807, 2.05) is 6.92 Å². The first-order valence-corrected chi connectivity index (χ1v) is 2.64. The minimum atomic E-state index is -0.847. The van der Waals surface area contributed by atoms with E-state index in [2.05, 4.69) is 5.32 Å². The lowest BCUT2D eigenvalue weighted by Crippen LogP contribution is -2.21. The van der Waals surface area contributed by atoms with Gasteiger partial charge in [0, 0.05) is 0 Å². The Bertz CT molecular complexity index is 37.1. The van der Waals surface area contributed by atoms with Crippen molar-refractivity contribution >= 4 is 0 Å². The third-order valence-electron chi connectivity index (χ3n) is 0.676. The van der Waals surface area contributed by atoms with Gasteiger partial charge < -0.3 is 0 Å². The Kier molecular flexibility index (Phi) is 4.00. The molecule has 0 saturated carbocycles. The van der Waals surface area contributed by atoms with Crippen LogP contribution in [0.1, 0.15) is 20.3 Å². The molecule has 7 heavy (non-hydrogen) atoms. The van der Waals surface area contributed by atoms with Crippen LogP contribution in [-0.2, 0) is 0 Å². The van der Waals surface area contributed by atoms with E-state index in [0.29, 0.717) is 0 Å². The van der Waals surface area contributed by atoms with E-state index in [-0.39, 0.29) is 0 Å². The molecule has 0 aromatic heterocycles. The fourth-order valence-corrected chi connectivity index (χ4v) is 0.343. The maximum atomic E-state index is 11.8. The molecule has 1 unspecified atom stereocenters. The summed E-state index contributed by atoms with van der Waals surface area (Å²) in [5.41, 5.74) is 0. The molecule has 0 aliphatic heterocycles. The Morgan fingerprint density at radius 3 is 2.43 bits per heavy atom. The molecule has 0 aliphatic carbocycles. The van der Waals surface area contributed by atoms with E-state index < -0.39 is 6.30 Å². The summed E-state index contributed by atoms with van der Waals surface area (Å²) in [5, 5.41) is 2.63. The van der Waals surface area contributed by atoms with Gasteiger partial charge in [-0.05, 0) is 19.9 Å². The predicted octanol–water partition coefficient (Wildman–Crippen LogP) is 1.30. The Morgan fingerprint density at radius 1 is 1.71 bits per heavy atom. The number of hydrogen-bond donors (Lipinski definition) is 1. The number of nitrogens with one attached hydrogen (secondary N) is 1. The van der Waals surface area contributed by atoms with E-state index in [0.717, 1.165) is 13.0 Å². The average molecular weight is 105 g/mol. The highest BCUT2D eigenvalue weighted by Gasteiger charge is 1.89. The maximum Gasteiger partial charge on any atom is 0.148 e. The monoisotopic (exact) mass is 105 g/mol. The van der Waals surface area contributed by atoms with Crippen molar-refractivity contribution in [3.8, 4) is 0 Å². The highest BCUT2D eigenvalue weighted by Crippen LogP contribution is 1.79. The van der Waals surface area contributed by atoms with Gasteiger partial charge in [-0.2, -0.15) is 0 Å². The zero-order valence-corrected chi connectivity index (χ0v) is 4.87. The molecule has 0 aromatic rings. The second-order valence-electron chi connectivity index (χ2n) is 1.57. The first kappa shape index (κ1) is 6.89. The van der Waals surface area contributed by atoms with Crippen molar-refractivity contribution < 1.29 is 4.39 Å².